The zero-order valence-electron chi connectivity index (χ0n) is 13.5. The van der Waals surface area contributed by atoms with Crippen molar-refractivity contribution in [1.82, 2.24) is 0 Å². The maximum absolute atomic E-state index is 12.2. The van der Waals surface area contributed by atoms with E-state index < -0.39 is 19.7 Å². The summed E-state index contributed by atoms with van der Waals surface area (Å²) >= 11 is 0. The van der Waals surface area contributed by atoms with Gasteiger partial charge >= 0.3 is 0 Å². The largest absolute Gasteiger partial charge is 0.370 e. The number of nitrogens with zero attached hydrogens (tertiary/aromatic N) is 1. The van der Waals surface area contributed by atoms with Crippen LogP contribution < -0.4 is 4.90 Å². The molecule has 0 unspecified atom stereocenters. The third-order valence-corrected chi connectivity index (χ3v) is 6.69. The number of anilines is 1. The second kappa shape index (κ2) is 5.77. The van der Waals surface area contributed by atoms with Gasteiger partial charge < -0.3 is 4.90 Å². The second-order valence-electron chi connectivity index (χ2n) is 6.97. The van der Waals surface area contributed by atoms with E-state index in [0.29, 0.717) is 17.5 Å². The molecule has 0 atom stereocenters. The highest BCUT2D eigenvalue weighted by Gasteiger charge is 2.31. The molecule has 3 rings (SSSR count). The Labute approximate surface area is 138 Å². The quantitative estimate of drug-likeness (QED) is 0.747. The van der Waals surface area contributed by atoms with Crippen LogP contribution in [0.1, 0.15) is 25.7 Å². The van der Waals surface area contributed by atoms with Gasteiger partial charge in [-0.15, -0.1) is 0 Å². The van der Waals surface area contributed by atoms with Crippen LogP contribution in [-0.4, -0.2) is 42.4 Å². The van der Waals surface area contributed by atoms with E-state index in [1.807, 2.05) is 0 Å². The third-order valence-electron chi connectivity index (χ3n) is 4.45. The van der Waals surface area contributed by atoms with E-state index in [1.165, 1.54) is 37.8 Å². The number of sulfone groups is 2. The van der Waals surface area contributed by atoms with E-state index in [0.717, 1.165) is 25.6 Å². The summed E-state index contributed by atoms with van der Waals surface area (Å²) in [6.07, 6.45) is 7.01. The average molecular weight is 357 g/mol. The van der Waals surface area contributed by atoms with Crippen molar-refractivity contribution in [2.24, 2.45) is 11.8 Å². The Balaban J connectivity index is 2.04. The lowest BCUT2D eigenvalue weighted by molar-refractivity contribution is 0.598. The smallest absolute Gasteiger partial charge is 0.177 e. The maximum Gasteiger partial charge on any atom is 0.177 e. The van der Waals surface area contributed by atoms with Crippen LogP contribution in [0.15, 0.2) is 28.0 Å². The molecule has 0 radical (unpaired) electrons. The van der Waals surface area contributed by atoms with Crippen molar-refractivity contribution in [2.45, 2.75) is 35.5 Å². The standard InChI is InChI=1S/C16H23NO4S2/c1-22(18,19)14-7-8-15(16(9-14)23(2,20)21)17(10-12-3-4-12)11-13-5-6-13/h7-9,12-13H,3-6,10-11H2,1-2H3. The monoisotopic (exact) mass is 357 g/mol. The summed E-state index contributed by atoms with van der Waals surface area (Å²) in [4.78, 5) is 2.33. The second-order valence-corrected chi connectivity index (χ2v) is 11.0. The molecule has 0 bridgehead atoms. The van der Waals surface area contributed by atoms with Gasteiger partial charge in [0.2, 0.25) is 0 Å². The molecular formula is C16H23NO4S2. The number of hydrogen-bond donors (Lipinski definition) is 0. The zero-order chi connectivity index (χ0) is 16.8. The lowest BCUT2D eigenvalue weighted by Gasteiger charge is -2.27. The van der Waals surface area contributed by atoms with E-state index in [2.05, 4.69) is 4.90 Å². The Morgan fingerprint density at radius 1 is 0.913 bits per heavy atom. The molecule has 0 heterocycles. The molecule has 0 spiro atoms. The fraction of sp³-hybridized carbons (Fsp3) is 0.625. The van der Waals surface area contributed by atoms with Crippen molar-refractivity contribution in [3.05, 3.63) is 18.2 Å². The molecule has 0 saturated heterocycles. The first-order chi connectivity index (χ1) is 10.6. The number of hydrogen-bond acceptors (Lipinski definition) is 5. The SMILES string of the molecule is CS(=O)(=O)c1ccc(N(CC2CC2)CC2CC2)c(S(C)(=O)=O)c1. The average Bonchev–Trinajstić information content (AvgIpc) is 3.30. The van der Waals surface area contributed by atoms with Crippen molar-refractivity contribution in [2.75, 3.05) is 30.5 Å². The molecule has 2 fully saturated rings. The lowest BCUT2D eigenvalue weighted by atomic mass is 10.2. The maximum atomic E-state index is 12.2. The topological polar surface area (TPSA) is 71.5 Å². The first-order valence-electron chi connectivity index (χ1n) is 7.93. The molecule has 7 heteroatoms. The van der Waals surface area contributed by atoms with Gasteiger partial charge in [0.1, 0.15) is 0 Å². The third kappa shape index (κ3) is 4.26. The Hall–Kier alpha value is -1.08. The minimum absolute atomic E-state index is 0.0551. The lowest BCUT2D eigenvalue weighted by Crippen LogP contribution is -2.29. The van der Waals surface area contributed by atoms with Gasteiger partial charge in [-0.05, 0) is 55.7 Å². The number of benzene rings is 1. The van der Waals surface area contributed by atoms with Crippen molar-refractivity contribution >= 4 is 25.4 Å². The summed E-state index contributed by atoms with van der Waals surface area (Å²) < 4.78 is 48.0. The van der Waals surface area contributed by atoms with E-state index in [4.69, 9.17) is 0 Å². The molecule has 1 aromatic carbocycles. The van der Waals surface area contributed by atoms with E-state index in [1.54, 1.807) is 6.07 Å². The summed E-state index contributed by atoms with van der Waals surface area (Å²) in [5, 5.41) is 0. The van der Waals surface area contributed by atoms with Crippen LogP contribution in [0.3, 0.4) is 0 Å². The Kier molecular flexibility index (Phi) is 4.21. The summed E-state index contributed by atoms with van der Waals surface area (Å²) in [7, 11) is -6.93. The summed E-state index contributed by atoms with van der Waals surface area (Å²) in [6.45, 7) is 1.72. The molecule has 2 saturated carbocycles. The van der Waals surface area contributed by atoms with Crippen LogP contribution in [0.5, 0.6) is 0 Å². The number of rotatable bonds is 7. The molecule has 0 aliphatic heterocycles. The van der Waals surface area contributed by atoms with Crippen LogP contribution >= 0.6 is 0 Å². The van der Waals surface area contributed by atoms with Crippen molar-refractivity contribution < 1.29 is 16.8 Å². The van der Waals surface area contributed by atoms with Gasteiger partial charge in [0.05, 0.1) is 15.5 Å². The van der Waals surface area contributed by atoms with Crippen molar-refractivity contribution in [1.29, 1.82) is 0 Å². The van der Waals surface area contributed by atoms with E-state index in [9.17, 15) is 16.8 Å². The van der Waals surface area contributed by atoms with Crippen LogP contribution in [0.2, 0.25) is 0 Å². The van der Waals surface area contributed by atoms with Gasteiger partial charge in [-0.3, -0.25) is 0 Å². The molecule has 2 aliphatic rings. The van der Waals surface area contributed by atoms with Gasteiger partial charge in [-0.25, -0.2) is 16.8 Å². The highest BCUT2D eigenvalue weighted by Crippen LogP contribution is 2.38. The highest BCUT2D eigenvalue weighted by molar-refractivity contribution is 7.91. The Morgan fingerprint density at radius 3 is 1.83 bits per heavy atom. The van der Waals surface area contributed by atoms with Crippen molar-refractivity contribution in [3.8, 4) is 0 Å². The molecule has 1 aromatic rings. The van der Waals surface area contributed by atoms with Crippen LogP contribution in [0.4, 0.5) is 5.69 Å². The molecule has 0 amide bonds. The predicted octanol–water partition coefficient (Wildman–Crippen LogP) is 2.12. The minimum atomic E-state index is -3.50. The van der Waals surface area contributed by atoms with Crippen LogP contribution in [0, 0.1) is 11.8 Å². The van der Waals surface area contributed by atoms with Gasteiger partial charge in [0.25, 0.3) is 0 Å². The minimum Gasteiger partial charge on any atom is -0.370 e. The van der Waals surface area contributed by atoms with Gasteiger partial charge in [0, 0.05) is 25.6 Å². The molecule has 0 aromatic heterocycles. The van der Waals surface area contributed by atoms with Gasteiger partial charge in [-0.1, -0.05) is 0 Å². The van der Waals surface area contributed by atoms with Gasteiger partial charge in [0.15, 0.2) is 19.7 Å². The molecule has 5 nitrogen and oxygen atoms in total. The normalized spacial score (nSPS) is 18.9. The molecule has 23 heavy (non-hydrogen) atoms. The summed E-state index contributed by atoms with van der Waals surface area (Å²) in [5.41, 5.74) is 0.652. The fourth-order valence-electron chi connectivity index (χ4n) is 2.78. The Bertz CT molecular complexity index is 792. The van der Waals surface area contributed by atoms with Crippen LogP contribution in [-0.2, 0) is 19.7 Å². The highest BCUT2D eigenvalue weighted by atomic mass is 32.2. The summed E-state index contributed by atoms with van der Waals surface area (Å²) in [5.74, 6) is 1.27. The van der Waals surface area contributed by atoms with E-state index in [-0.39, 0.29) is 9.79 Å². The van der Waals surface area contributed by atoms with Gasteiger partial charge in [-0.2, -0.15) is 0 Å². The Morgan fingerprint density at radius 2 is 1.43 bits per heavy atom. The molecule has 128 valence electrons. The first kappa shape index (κ1) is 16.8. The fourth-order valence-corrected chi connectivity index (χ4v) is 4.42. The van der Waals surface area contributed by atoms with E-state index >= 15 is 0 Å². The zero-order valence-corrected chi connectivity index (χ0v) is 15.2. The van der Waals surface area contributed by atoms with Crippen LogP contribution in [0.25, 0.3) is 0 Å². The first-order valence-corrected chi connectivity index (χ1v) is 11.7. The molecule has 0 N–H and O–H groups in total. The molecule has 2 aliphatic carbocycles. The predicted molar refractivity (Wildman–Crippen MR) is 90.3 cm³/mol. The summed E-state index contributed by atoms with van der Waals surface area (Å²) in [6, 6.07) is 4.50. The molecular weight excluding hydrogens is 334 g/mol. The van der Waals surface area contributed by atoms with Crippen molar-refractivity contribution in [3.63, 3.8) is 0 Å².